The van der Waals surface area contributed by atoms with Gasteiger partial charge in [-0.15, -0.1) is 0 Å². The number of H-pyrrole nitrogens is 1. The molecule has 32 heavy (non-hydrogen) atoms. The molecule has 1 aromatic heterocycles. The van der Waals surface area contributed by atoms with Crippen molar-refractivity contribution < 1.29 is 9.53 Å². The van der Waals surface area contributed by atoms with Crippen LogP contribution in [0.25, 0.3) is 0 Å². The molecule has 0 saturated carbocycles. The van der Waals surface area contributed by atoms with Crippen LogP contribution in [0.4, 0.5) is 11.5 Å². The summed E-state index contributed by atoms with van der Waals surface area (Å²) in [6.07, 6.45) is 0. The molecule has 0 spiro atoms. The van der Waals surface area contributed by atoms with E-state index in [4.69, 9.17) is 10.5 Å². The molecule has 1 amide bonds. The summed E-state index contributed by atoms with van der Waals surface area (Å²) in [5.41, 5.74) is 7.53. The van der Waals surface area contributed by atoms with Crippen molar-refractivity contribution in [2.24, 2.45) is 0 Å². The molecule has 3 N–H and O–H groups in total. The summed E-state index contributed by atoms with van der Waals surface area (Å²) in [7, 11) is 1.43. The topological polar surface area (TPSA) is 110 Å². The second-order valence-corrected chi connectivity index (χ2v) is 7.99. The lowest BCUT2D eigenvalue weighted by Crippen LogP contribution is -2.41. The maximum Gasteiger partial charge on any atom is 0.330 e. The van der Waals surface area contributed by atoms with Gasteiger partial charge in [0.15, 0.2) is 12.3 Å². The molecule has 0 radical (unpaired) electrons. The summed E-state index contributed by atoms with van der Waals surface area (Å²) < 4.78 is 6.98. The number of nitrogen functional groups attached to an aromatic ring is 1. The highest BCUT2D eigenvalue weighted by atomic mass is 16.5. The van der Waals surface area contributed by atoms with E-state index < -0.39 is 17.2 Å². The SMILES string of the molecule is Cc1ccc(C(C)C)cc1OCC(=O)N(C)c1c(N)n(Cc2ccccc2)c(=O)[nH]c1=O. The number of amides is 1. The zero-order valence-electron chi connectivity index (χ0n) is 18.7. The van der Waals surface area contributed by atoms with Crippen molar-refractivity contribution >= 4 is 17.4 Å². The Hall–Kier alpha value is -3.81. The van der Waals surface area contributed by atoms with Crippen LogP contribution in [0.15, 0.2) is 58.1 Å². The van der Waals surface area contributed by atoms with E-state index in [1.807, 2.05) is 55.5 Å². The normalized spacial score (nSPS) is 10.9. The van der Waals surface area contributed by atoms with Crippen LogP contribution in [0.1, 0.15) is 36.5 Å². The van der Waals surface area contributed by atoms with Gasteiger partial charge in [-0.05, 0) is 35.6 Å². The van der Waals surface area contributed by atoms with Crippen LogP contribution >= 0.6 is 0 Å². The van der Waals surface area contributed by atoms with Crippen molar-refractivity contribution in [3.63, 3.8) is 0 Å². The minimum atomic E-state index is -0.731. The number of rotatable bonds is 7. The molecule has 8 heteroatoms. The van der Waals surface area contributed by atoms with E-state index in [1.54, 1.807) is 0 Å². The monoisotopic (exact) mass is 436 g/mol. The van der Waals surface area contributed by atoms with Crippen LogP contribution < -0.4 is 26.6 Å². The average Bonchev–Trinajstić information content (AvgIpc) is 2.76. The van der Waals surface area contributed by atoms with E-state index >= 15 is 0 Å². The zero-order chi connectivity index (χ0) is 23.4. The van der Waals surface area contributed by atoms with Crippen molar-refractivity contribution in [1.29, 1.82) is 0 Å². The number of aromatic nitrogens is 2. The lowest BCUT2D eigenvalue weighted by molar-refractivity contribution is -0.120. The third kappa shape index (κ3) is 4.91. The van der Waals surface area contributed by atoms with Crippen LogP contribution in [0, 0.1) is 6.92 Å². The Kier molecular flexibility index (Phi) is 6.82. The molecular formula is C24H28N4O4. The molecule has 2 aromatic carbocycles. The molecule has 1 heterocycles. The highest BCUT2D eigenvalue weighted by Gasteiger charge is 2.21. The number of hydrogen-bond acceptors (Lipinski definition) is 5. The molecule has 0 atom stereocenters. The maximum atomic E-state index is 12.8. The number of nitrogens with zero attached hydrogens (tertiary/aromatic N) is 2. The smallest absolute Gasteiger partial charge is 0.330 e. The number of nitrogens with two attached hydrogens (primary N) is 1. The van der Waals surface area contributed by atoms with Gasteiger partial charge < -0.3 is 15.4 Å². The second-order valence-electron chi connectivity index (χ2n) is 7.99. The summed E-state index contributed by atoms with van der Waals surface area (Å²) >= 11 is 0. The first-order valence-corrected chi connectivity index (χ1v) is 10.4. The quantitative estimate of drug-likeness (QED) is 0.592. The fourth-order valence-corrected chi connectivity index (χ4v) is 3.32. The predicted molar refractivity (Wildman–Crippen MR) is 125 cm³/mol. The Balaban J connectivity index is 1.84. The van der Waals surface area contributed by atoms with Gasteiger partial charge in [-0.25, -0.2) is 4.79 Å². The number of ether oxygens (including phenoxy) is 1. The first-order valence-electron chi connectivity index (χ1n) is 10.4. The number of benzene rings is 2. The molecule has 3 rings (SSSR count). The number of carbonyl (C=O) groups is 1. The fraction of sp³-hybridized carbons (Fsp3) is 0.292. The Morgan fingerprint density at radius 2 is 1.84 bits per heavy atom. The number of aryl methyl sites for hydroxylation is 1. The van der Waals surface area contributed by atoms with E-state index in [1.165, 1.54) is 11.6 Å². The van der Waals surface area contributed by atoms with Gasteiger partial charge >= 0.3 is 5.69 Å². The summed E-state index contributed by atoms with van der Waals surface area (Å²) in [4.78, 5) is 41.0. The highest BCUT2D eigenvalue weighted by molar-refractivity contribution is 5.96. The average molecular weight is 437 g/mol. The largest absolute Gasteiger partial charge is 0.483 e. The van der Waals surface area contributed by atoms with Gasteiger partial charge in [0.1, 0.15) is 11.6 Å². The minimum absolute atomic E-state index is 0.0866. The van der Waals surface area contributed by atoms with E-state index in [0.717, 1.165) is 21.6 Å². The lowest BCUT2D eigenvalue weighted by Gasteiger charge is -2.21. The number of nitrogens with one attached hydrogen (secondary N) is 1. The van der Waals surface area contributed by atoms with Gasteiger partial charge in [0, 0.05) is 7.05 Å². The highest BCUT2D eigenvalue weighted by Crippen LogP contribution is 2.24. The van der Waals surface area contributed by atoms with Gasteiger partial charge in [0.25, 0.3) is 11.5 Å². The number of anilines is 2. The maximum absolute atomic E-state index is 12.8. The second kappa shape index (κ2) is 9.55. The third-order valence-electron chi connectivity index (χ3n) is 5.34. The first-order chi connectivity index (χ1) is 15.2. The van der Waals surface area contributed by atoms with E-state index in [9.17, 15) is 14.4 Å². The Morgan fingerprint density at radius 1 is 1.16 bits per heavy atom. The van der Waals surface area contributed by atoms with Crippen molar-refractivity contribution in [3.8, 4) is 5.75 Å². The van der Waals surface area contributed by atoms with Crippen LogP contribution in [0.5, 0.6) is 5.75 Å². The molecule has 0 fully saturated rings. The molecule has 168 valence electrons. The fourth-order valence-electron chi connectivity index (χ4n) is 3.32. The van der Waals surface area contributed by atoms with Gasteiger partial charge in [-0.1, -0.05) is 56.3 Å². The van der Waals surface area contributed by atoms with Crippen molar-refractivity contribution in [3.05, 3.63) is 86.1 Å². The number of likely N-dealkylation sites (N-methyl/N-ethyl adjacent to an activating group) is 1. The predicted octanol–water partition coefficient (Wildman–Crippen LogP) is 2.64. The third-order valence-corrected chi connectivity index (χ3v) is 5.34. The molecule has 0 bridgehead atoms. The molecule has 0 saturated heterocycles. The zero-order valence-corrected chi connectivity index (χ0v) is 18.7. The van der Waals surface area contributed by atoms with Crippen LogP contribution in [0.2, 0.25) is 0 Å². The molecular weight excluding hydrogens is 408 g/mol. The molecule has 8 nitrogen and oxygen atoms in total. The van der Waals surface area contributed by atoms with Gasteiger partial charge in [0.05, 0.1) is 6.54 Å². The van der Waals surface area contributed by atoms with Gasteiger partial charge in [0.2, 0.25) is 0 Å². The van der Waals surface area contributed by atoms with E-state index in [0.29, 0.717) is 11.7 Å². The Labute approximate surface area is 186 Å². The van der Waals surface area contributed by atoms with Gasteiger partial charge in [-0.3, -0.25) is 19.1 Å². The first kappa shape index (κ1) is 22.9. The summed E-state index contributed by atoms with van der Waals surface area (Å²) in [5, 5.41) is 0. The lowest BCUT2D eigenvalue weighted by atomic mass is 10.0. The summed E-state index contributed by atoms with van der Waals surface area (Å²) in [6, 6.07) is 15.1. The number of hydrogen-bond donors (Lipinski definition) is 2. The molecule has 0 aliphatic rings. The van der Waals surface area contributed by atoms with E-state index in [-0.39, 0.29) is 24.7 Å². The van der Waals surface area contributed by atoms with Crippen molar-refractivity contribution in [2.75, 3.05) is 24.3 Å². The van der Waals surface area contributed by atoms with Crippen molar-refractivity contribution in [2.45, 2.75) is 33.2 Å². The molecule has 3 aromatic rings. The molecule has 0 aliphatic heterocycles. The summed E-state index contributed by atoms with van der Waals surface area (Å²) in [5.74, 6) is 0.368. The number of aromatic amines is 1. The Bertz CT molecular complexity index is 1230. The number of carbonyl (C=O) groups excluding carboxylic acids is 1. The summed E-state index contributed by atoms with van der Waals surface area (Å²) in [6.45, 7) is 5.93. The van der Waals surface area contributed by atoms with Gasteiger partial charge in [-0.2, -0.15) is 0 Å². The van der Waals surface area contributed by atoms with Crippen LogP contribution in [0.3, 0.4) is 0 Å². The minimum Gasteiger partial charge on any atom is -0.483 e. The van der Waals surface area contributed by atoms with Crippen LogP contribution in [-0.4, -0.2) is 29.1 Å². The Morgan fingerprint density at radius 3 is 2.50 bits per heavy atom. The van der Waals surface area contributed by atoms with Crippen LogP contribution in [-0.2, 0) is 11.3 Å². The van der Waals surface area contributed by atoms with Crippen molar-refractivity contribution in [1.82, 2.24) is 9.55 Å². The molecule has 0 aliphatic carbocycles. The standard InChI is InChI=1S/C24H28N4O4/c1-15(2)18-11-10-16(3)19(12-18)32-14-20(29)27(4)21-22(25)28(24(31)26-23(21)30)13-17-8-6-5-7-9-17/h5-12,15H,13-14,25H2,1-4H3,(H,26,30,31). The molecule has 0 unspecified atom stereocenters. The van der Waals surface area contributed by atoms with E-state index in [2.05, 4.69) is 18.8 Å².